The lowest BCUT2D eigenvalue weighted by molar-refractivity contribution is -0.141. The van der Waals surface area contributed by atoms with E-state index in [0.717, 1.165) is 19.4 Å². The van der Waals surface area contributed by atoms with Gasteiger partial charge in [-0.25, -0.2) is 0 Å². The number of hydrogen-bond acceptors (Lipinski definition) is 5. The van der Waals surface area contributed by atoms with Crippen molar-refractivity contribution in [2.24, 2.45) is 0 Å². The van der Waals surface area contributed by atoms with Gasteiger partial charge < -0.3 is 19.1 Å². The van der Waals surface area contributed by atoms with Crippen LogP contribution >= 0.6 is 0 Å². The van der Waals surface area contributed by atoms with Crippen LogP contribution in [0.3, 0.4) is 0 Å². The number of rotatable bonds is 24. The predicted molar refractivity (Wildman–Crippen MR) is 140 cm³/mol. The second-order valence-electron chi connectivity index (χ2n) is 9.03. The number of likely N-dealkylation sites (N-methyl/N-ethyl adjacent to an activating group) is 1. The summed E-state index contributed by atoms with van der Waals surface area (Å²) in [6, 6.07) is 0.243. The van der Waals surface area contributed by atoms with Crippen LogP contribution in [-0.4, -0.2) is 64.5 Å². The third-order valence-electron chi connectivity index (χ3n) is 5.74. The van der Waals surface area contributed by atoms with Crippen LogP contribution in [0.2, 0.25) is 0 Å². The second-order valence-corrected chi connectivity index (χ2v) is 9.03. The standard InChI is InChI=1S/C28H53NO4/c1-5-6-7-8-9-10-11-12-13-14-15-16-17-18-19-20-23-32-25-27(29(2)3)26-33-24-21-22-28(30)31-4/h9-10,12-13,27H,5-8,11,14-26H2,1-4H3. The van der Waals surface area contributed by atoms with Gasteiger partial charge in [-0.15, -0.1) is 0 Å². The van der Waals surface area contributed by atoms with Crippen molar-refractivity contribution in [3.63, 3.8) is 0 Å². The molecule has 33 heavy (non-hydrogen) atoms. The molecule has 0 aliphatic rings. The van der Waals surface area contributed by atoms with Crippen LogP contribution in [0.5, 0.6) is 0 Å². The Bertz CT molecular complexity index is 477. The fourth-order valence-electron chi connectivity index (χ4n) is 3.40. The first-order chi connectivity index (χ1) is 16.1. The molecule has 0 aromatic heterocycles. The molecular weight excluding hydrogens is 414 g/mol. The number of esters is 1. The summed E-state index contributed by atoms with van der Waals surface area (Å²) >= 11 is 0. The molecule has 0 spiro atoms. The molecule has 0 aliphatic heterocycles. The average molecular weight is 468 g/mol. The molecule has 0 saturated heterocycles. The average Bonchev–Trinajstić information content (AvgIpc) is 2.81. The number of nitrogens with zero attached hydrogens (tertiary/aromatic N) is 1. The lowest BCUT2D eigenvalue weighted by Gasteiger charge is -2.24. The number of carbonyl (C=O) groups excluding carboxylic acids is 1. The van der Waals surface area contributed by atoms with Crippen molar-refractivity contribution in [2.45, 2.75) is 103 Å². The smallest absolute Gasteiger partial charge is 0.305 e. The number of hydrogen-bond donors (Lipinski definition) is 0. The summed E-state index contributed by atoms with van der Waals surface area (Å²) < 4.78 is 16.2. The van der Waals surface area contributed by atoms with Gasteiger partial charge in [0.2, 0.25) is 0 Å². The van der Waals surface area contributed by atoms with E-state index in [0.29, 0.717) is 32.7 Å². The van der Waals surface area contributed by atoms with E-state index in [2.05, 4.69) is 40.9 Å². The first-order valence-corrected chi connectivity index (χ1v) is 13.3. The SMILES string of the molecule is CCCCCC=CCC=CCCCCCCCCOCC(COCCCC(=O)OC)N(C)C. The highest BCUT2D eigenvalue weighted by Gasteiger charge is 2.12. The summed E-state index contributed by atoms with van der Waals surface area (Å²) in [4.78, 5) is 13.2. The Morgan fingerprint density at radius 3 is 1.88 bits per heavy atom. The second kappa shape index (κ2) is 25.5. The maximum atomic E-state index is 11.1. The van der Waals surface area contributed by atoms with Gasteiger partial charge >= 0.3 is 5.97 Å². The largest absolute Gasteiger partial charge is 0.469 e. The molecular formula is C28H53NO4. The number of allylic oxidation sites excluding steroid dienone is 4. The van der Waals surface area contributed by atoms with E-state index in [1.807, 2.05) is 14.1 Å². The summed E-state index contributed by atoms with van der Waals surface area (Å²) in [5.74, 6) is -0.181. The van der Waals surface area contributed by atoms with Crippen molar-refractivity contribution in [3.8, 4) is 0 Å². The van der Waals surface area contributed by atoms with E-state index < -0.39 is 0 Å². The van der Waals surface area contributed by atoms with Crippen LogP contribution in [-0.2, 0) is 19.0 Å². The molecule has 1 unspecified atom stereocenters. The third-order valence-corrected chi connectivity index (χ3v) is 5.74. The number of carbonyl (C=O) groups is 1. The van der Waals surface area contributed by atoms with Crippen molar-refractivity contribution < 1.29 is 19.0 Å². The summed E-state index contributed by atoms with van der Waals surface area (Å²) in [7, 11) is 5.51. The lowest BCUT2D eigenvalue weighted by Crippen LogP contribution is -2.37. The van der Waals surface area contributed by atoms with Gasteiger partial charge in [0, 0.05) is 19.6 Å². The quantitative estimate of drug-likeness (QED) is 0.0896. The molecule has 194 valence electrons. The van der Waals surface area contributed by atoms with Gasteiger partial charge in [-0.3, -0.25) is 4.79 Å². The van der Waals surface area contributed by atoms with Crippen LogP contribution in [0.15, 0.2) is 24.3 Å². The molecule has 0 radical (unpaired) electrons. The molecule has 0 aromatic rings. The Morgan fingerprint density at radius 2 is 1.30 bits per heavy atom. The molecule has 1 atom stereocenters. The van der Waals surface area contributed by atoms with Gasteiger partial charge in [0.05, 0.1) is 26.4 Å². The fourth-order valence-corrected chi connectivity index (χ4v) is 3.40. The summed E-state index contributed by atoms with van der Waals surface area (Å²) in [6.07, 6.45) is 25.5. The van der Waals surface area contributed by atoms with Crippen molar-refractivity contribution in [1.29, 1.82) is 0 Å². The highest BCUT2D eigenvalue weighted by Crippen LogP contribution is 2.09. The Kier molecular flexibility index (Phi) is 24.6. The minimum absolute atomic E-state index is 0.181. The zero-order valence-electron chi connectivity index (χ0n) is 22.2. The molecule has 0 aliphatic carbocycles. The maximum absolute atomic E-state index is 11.1. The monoisotopic (exact) mass is 467 g/mol. The lowest BCUT2D eigenvalue weighted by atomic mass is 10.1. The van der Waals surface area contributed by atoms with Gasteiger partial charge in [0.25, 0.3) is 0 Å². The number of unbranched alkanes of at least 4 members (excludes halogenated alkanes) is 9. The van der Waals surface area contributed by atoms with Crippen molar-refractivity contribution >= 4 is 5.97 Å². The van der Waals surface area contributed by atoms with E-state index in [1.54, 1.807) is 0 Å². The molecule has 0 amide bonds. The summed E-state index contributed by atoms with van der Waals surface area (Å²) in [5, 5.41) is 0. The van der Waals surface area contributed by atoms with Crippen LogP contribution in [0.25, 0.3) is 0 Å². The topological polar surface area (TPSA) is 48.0 Å². The number of ether oxygens (including phenoxy) is 3. The Labute approximate surface area is 204 Å². The minimum Gasteiger partial charge on any atom is -0.469 e. The van der Waals surface area contributed by atoms with E-state index >= 15 is 0 Å². The van der Waals surface area contributed by atoms with Gasteiger partial charge in [-0.1, -0.05) is 69.8 Å². The van der Waals surface area contributed by atoms with E-state index in [4.69, 9.17) is 9.47 Å². The van der Waals surface area contributed by atoms with E-state index in [9.17, 15) is 4.79 Å². The molecule has 0 heterocycles. The normalized spacial score (nSPS) is 12.9. The Balaban J connectivity index is 3.48. The summed E-state index contributed by atoms with van der Waals surface area (Å²) in [5.41, 5.74) is 0. The fraction of sp³-hybridized carbons (Fsp3) is 0.821. The Hall–Kier alpha value is -1.17. The van der Waals surface area contributed by atoms with Crippen molar-refractivity contribution in [3.05, 3.63) is 24.3 Å². The van der Waals surface area contributed by atoms with Crippen LogP contribution in [0, 0.1) is 0 Å². The molecule has 0 bridgehead atoms. The molecule has 0 rings (SSSR count). The highest BCUT2D eigenvalue weighted by molar-refractivity contribution is 5.68. The third kappa shape index (κ3) is 23.8. The van der Waals surface area contributed by atoms with Crippen LogP contribution in [0.1, 0.15) is 96.8 Å². The van der Waals surface area contributed by atoms with E-state index in [-0.39, 0.29) is 12.0 Å². The maximum Gasteiger partial charge on any atom is 0.305 e. The molecule has 5 heteroatoms. The van der Waals surface area contributed by atoms with Gasteiger partial charge in [-0.05, 0) is 59.0 Å². The molecule has 0 aromatic carbocycles. The number of methoxy groups -OCH3 is 1. The summed E-state index contributed by atoms with van der Waals surface area (Å²) in [6.45, 7) is 4.95. The van der Waals surface area contributed by atoms with Crippen molar-refractivity contribution in [2.75, 3.05) is 47.6 Å². The van der Waals surface area contributed by atoms with Gasteiger partial charge in [0.15, 0.2) is 0 Å². The molecule has 0 saturated carbocycles. The minimum atomic E-state index is -0.181. The predicted octanol–water partition coefficient (Wildman–Crippen LogP) is 6.72. The Morgan fingerprint density at radius 1 is 0.758 bits per heavy atom. The molecule has 5 nitrogen and oxygen atoms in total. The van der Waals surface area contributed by atoms with Gasteiger partial charge in [0.1, 0.15) is 0 Å². The first kappa shape index (κ1) is 31.8. The van der Waals surface area contributed by atoms with Crippen LogP contribution in [0.4, 0.5) is 0 Å². The molecule has 0 N–H and O–H groups in total. The highest BCUT2D eigenvalue weighted by atomic mass is 16.5. The molecule has 0 fully saturated rings. The zero-order chi connectivity index (χ0) is 24.4. The van der Waals surface area contributed by atoms with Crippen molar-refractivity contribution in [1.82, 2.24) is 4.90 Å². The van der Waals surface area contributed by atoms with E-state index in [1.165, 1.54) is 71.3 Å². The van der Waals surface area contributed by atoms with Crippen LogP contribution < -0.4 is 0 Å². The zero-order valence-corrected chi connectivity index (χ0v) is 22.2. The van der Waals surface area contributed by atoms with Gasteiger partial charge in [-0.2, -0.15) is 0 Å². The first-order valence-electron chi connectivity index (χ1n) is 13.3.